The molecule has 0 fully saturated rings. The number of hydrogen-bond donors (Lipinski definition) is 2. The van der Waals surface area contributed by atoms with Gasteiger partial charge in [-0.3, -0.25) is 4.79 Å². The number of ketones is 1. The highest BCUT2D eigenvalue weighted by Gasteiger charge is 2.28. The number of nitrogens with one attached hydrogen (secondary N) is 1. The van der Waals surface area contributed by atoms with Gasteiger partial charge >= 0.3 is 0 Å². The Morgan fingerprint density at radius 3 is 2.00 bits per heavy atom. The van der Waals surface area contributed by atoms with E-state index in [1.54, 1.807) is 6.92 Å². The molecule has 2 N–H and O–H groups in total. The molecular weight excluding hydrogens is 154 g/mol. The molecule has 0 radical (unpaired) electrons. The predicted molar refractivity (Wildman–Crippen MR) is 49.0 cm³/mol. The number of hydrogen-bond acceptors (Lipinski definition) is 3. The second-order valence-electron chi connectivity index (χ2n) is 3.97. The van der Waals surface area contributed by atoms with Gasteiger partial charge in [-0.15, -0.1) is 0 Å². The number of aliphatic hydroxyl groups is 1. The van der Waals surface area contributed by atoms with Gasteiger partial charge in [-0.05, 0) is 20.8 Å². The molecule has 0 aliphatic heterocycles. The average Bonchev–Trinajstić information content (AvgIpc) is 1.82. The molecule has 0 aromatic rings. The minimum absolute atomic E-state index is 0.170. The van der Waals surface area contributed by atoms with Crippen molar-refractivity contribution < 1.29 is 9.90 Å². The van der Waals surface area contributed by atoms with E-state index in [1.807, 2.05) is 13.8 Å². The van der Waals surface area contributed by atoms with E-state index in [0.29, 0.717) is 0 Å². The molecule has 0 aromatic carbocycles. The molecule has 0 aromatic heterocycles. The van der Waals surface area contributed by atoms with Gasteiger partial charge in [0.15, 0.2) is 5.78 Å². The highest BCUT2D eigenvalue weighted by atomic mass is 16.3. The third-order valence-corrected chi connectivity index (χ3v) is 1.58. The Balaban J connectivity index is 4.12. The summed E-state index contributed by atoms with van der Waals surface area (Å²) in [6.45, 7) is 8.71. The van der Waals surface area contributed by atoms with Crippen LogP contribution in [0, 0.1) is 0 Å². The van der Waals surface area contributed by atoms with Gasteiger partial charge in [-0.25, -0.2) is 0 Å². The summed E-state index contributed by atoms with van der Waals surface area (Å²) in [5.74, 6) is -0.170. The summed E-state index contributed by atoms with van der Waals surface area (Å²) in [5.41, 5.74) is -1.23. The van der Waals surface area contributed by atoms with Crippen molar-refractivity contribution in [1.29, 1.82) is 0 Å². The Morgan fingerprint density at radius 2 is 1.75 bits per heavy atom. The molecule has 3 nitrogen and oxygen atoms in total. The molecule has 3 heteroatoms. The SMILES string of the molecule is CC(C)NC(C)C(=O)C(C)(C)O. The van der Waals surface area contributed by atoms with Crippen LogP contribution in [0.4, 0.5) is 0 Å². The maximum atomic E-state index is 11.4. The Labute approximate surface area is 74.2 Å². The summed E-state index contributed by atoms with van der Waals surface area (Å²) in [7, 11) is 0. The van der Waals surface area contributed by atoms with E-state index in [-0.39, 0.29) is 17.9 Å². The van der Waals surface area contributed by atoms with Gasteiger partial charge in [-0.2, -0.15) is 0 Å². The molecule has 72 valence electrons. The van der Waals surface area contributed by atoms with Gasteiger partial charge < -0.3 is 10.4 Å². The molecular formula is C9H19NO2. The largest absolute Gasteiger partial charge is 0.383 e. The van der Waals surface area contributed by atoms with E-state index >= 15 is 0 Å². The lowest BCUT2D eigenvalue weighted by molar-refractivity contribution is -0.136. The lowest BCUT2D eigenvalue weighted by Gasteiger charge is -2.23. The third kappa shape index (κ3) is 3.83. The van der Waals surface area contributed by atoms with Crippen molar-refractivity contribution in [3.8, 4) is 0 Å². The smallest absolute Gasteiger partial charge is 0.180 e. The summed E-state index contributed by atoms with van der Waals surface area (Å²) >= 11 is 0. The van der Waals surface area contributed by atoms with E-state index in [0.717, 1.165) is 0 Å². The molecule has 0 heterocycles. The van der Waals surface area contributed by atoms with Crippen molar-refractivity contribution in [3.63, 3.8) is 0 Å². The minimum atomic E-state index is -1.23. The standard InChI is InChI=1S/C9H19NO2/c1-6(2)10-7(3)8(11)9(4,5)12/h6-7,10,12H,1-5H3. The Morgan fingerprint density at radius 1 is 1.33 bits per heavy atom. The van der Waals surface area contributed by atoms with E-state index in [2.05, 4.69) is 5.32 Å². The lowest BCUT2D eigenvalue weighted by atomic mass is 9.98. The zero-order valence-corrected chi connectivity index (χ0v) is 8.51. The van der Waals surface area contributed by atoms with E-state index < -0.39 is 5.60 Å². The topological polar surface area (TPSA) is 49.3 Å². The molecule has 0 spiro atoms. The van der Waals surface area contributed by atoms with Crippen LogP contribution in [0.5, 0.6) is 0 Å². The summed E-state index contributed by atoms with van der Waals surface area (Å²) in [4.78, 5) is 11.4. The van der Waals surface area contributed by atoms with Crippen LogP contribution in [0.1, 0.15) is 34.6 Å². The van der Waals surface area contributed by atoms with Crippen LogP contribution in [0.25, 0.3) is 0 Å². The number of rotatable bonds is 4. The Hall–Kier alpha value is -0.410. The molecule has 0 rings (SSSR count). The van der Waals surface area contributed by atoms with Gasteiger partial charge in [0, 0.05) is 6.04 Å². The predicted octanol–water partition coefficient (Wildman–Crippen LogP) is 0.713. The first kappa shape index (κ1) is 11.6. The fourth-order valence-corrected chi connectivity index (χ4v) is 1.11. The van der Waals surface area contributed by atoms with Gasteiger partial charge in [0.2, 0.25) is 0 Å². The summed E-state index contributed by atoms with van der Waals surface area (Å²) in [5, 5.41) is 12.4. The van der Waals surface area contributed by atoms with Crippen molar-refractivity contribution in [3.05, 3.63) is 0 Å². The van der Waals surface area contributed by atoms with Crippen molar-refractivity contribution in [1.82, 2.24) is 5.32 Å². The van der Waals surface area contributed by atoms with E-state index in [4.69, 9.17) is 0 Å². The van der Waals surface area contributed by atoms with Crippen molar-refractivity contribution in [2.45, 2.75) is 52.3 Å². The fraction of sp³-hybridized carbons (Fsp3) is 0.889. The molecule has 0 aliphatic rings. The van der Waals surface area contributed by atoms with Crippen LogP contribution in [0.2, 0.25) is 0 Å². The average molecular weight is 173 g/mol. The normalized spacial score (nSPS) is 14.9. The van der Waals surface area contributed by atoms with Crippen LogP contribution >= 0.6 is 0 Å². The van der Waals surface area contributed by atoms with Crippen molar-refractivity contribution in [2.75, 3.05) is 0 Å². The number of carbonyl (C=O) groups is 1. The van der Waals surface area contributed by atoms with Gasteiger partial charge in [0.25, 0.3) is 0 Å². The van der Waals surface area contributed by atoms with E-state index in [9.17, 15) is 9.90 Å². The van der Waals surface area contributed by atoms with Crippen LogP contribution in [-0.2, 0) is 4.79 Å². The van der Waals surface area contributed by atoms with Crippen molar-refractivity contribution >= 4 is 5.78 Å². The third-order valence-electron chi connectivity index (χ3n) is 1.58. The van der Waals surface area contributed by atoms with Crippen molar-refractivity contribution in [2.24, 2.45) is 0 Å². The molecule has 1 unspecified atom stereocenters. The zero-order chi connectivity index (χ0) is 9.94. The summed E-state index contributed by atoms with van der Waals surface area (Å²) in [6.07, 6.45) is 0. The summed E-state index contributed by atoms with van der Waals surface area (Å²) in [6, 6.07) is -0.0312. The first-order chi connectivity index (χ1) is 5.25. The van der Waals surface area contributed by atoms with Gasteiger partial charge in [0.1, 0.15) is 5.60 Å². The minimum Gasteiger partial charge on any atom is -0.383 e. The highest BCUT2D eigenvalue weighted by Crippen LogP contribution is 2.06. The molecule has 0 bridgehead atoms. The zero-order valence-electron chi connectivity index (χ0n) is 8.51. The first-order valence-corrected chi connectivity index (χ1v) is 4.28. The van der Waals surface area contributed by atoms with Crippen LogP contribution in [-0.4, -0.2) is 28.6 Å². The highest BCUT2D eigenvalue weighted by molar-refractivity contribution is 5.90. The maximum absolute atomic E-state index is 11.4. The lowest BCUT2D eigenvalue weighted by Crippen LogP contribution is -2.47. The second kappa shape index (κ2) is 4.01. The van der Waals surface area contributed by atoms with Crippen LogP contribution < -0.4 is 5.32 Å². The monoisotopic (exact) mass is 173 g/mol. The summed E-state index contributed by atoms with van der Waals surface area (Å²) < 4.78 is 0. The number of Topliss-reactive ketones (excluding diaryl/α,β-unsaturated/α-hetero) is 1. The molecule has 0 saturated heterocycles. The molecule has 12 heavy (non-hydrogen) atoms. The second-order valence-corrected chi connectivity index (χ2v) is 3.97. The Bertz CT molecular complexity index is 158. The molecule has 0 amide bonds. The van der Waals surface area contributed by atoms with E-state index in [1.165, 1.54) is 13.8 Å². The molecule has 1 atom stereocenters. The molecule has 0 saturated carbocycles. The quantitative estimate of drug-likeness (QED) is 0.658. The first-order valence-electron chi connectivity index (χ1n) is 4.28. The maximum Gasteiger partial charge on any atom is 0.180 e. The Kier molecular flexibility index (Phi) is 3.87. The fourth-order valence-electron chi connectivity index (χ4n) is 1.11. The number of carbonyl (C=O) groups excluding carboxylic acids is 1. The van der Waals surface area contributed by atoms with Crippen LogP contribution in [0.15, 0.2) is 0 Å². The van der Waals surface area contributed by atoms with Crippen LogP contribution in [0.3, 0.4) is 0 Å². The van der Waals surface area contributed by atoms with Gasteiger partial charge in [-0.1, -0.05) is 13.8 Å². The molecule has 0 aliphatic carbocycles. The van der Waals surface area contributed by atoms with Gasteiger partial charge in [0.05, 0.1) is 6.04 Å².